The summed E-state index contributed by atoms with van der Waals surface area (Å²) in [5.41, 5.74) is -0.677. The second-order valence-corrected chi connectivity index (χ2v) is 6.63. The summed E-state index contributed by atoms with van der Waals surface area (Å²) in [6.45, 7) is 3.71. The number of benzene rings is 2. The van der Waals surface area contributed by atoms with Gasteiger partial charge in [-0.15, -0.1) is 0 Å². The maximum Gasteiger partial charge on any atom is 0.418 e. The van der Waals surface area contributed by atoms with Crippen LogP contribution in [0.4, 0.5) is 24.5 Å². The zero-order chi connectivity index (χ0) is 21.0. The topological polar surface area (TPSA) is 80.0 Å². The number of nitrogens with zero attached hydrogens (tertiary/aromatic N) is 2. The molecule has 0 atom stereocenters. The molecule has 3 aromatic rings. The highest BCUT2D eigenvalue weighted by Crippen LogP contribution is 2.37. The Morgan fingerprint density at radius 1 is 1.14 bits per heavy atom. The van der Waals surface area contributed by atoms with Crippen molar-refractivity contribution in [3.8, 4) is 0 Å². The Kier molecular flexibility index (Phi) is 5.86. The molecule has 0 spiro atoms. The van der Waals surface area contributed by atoms with Gasteiger partial charge in [0.25, 0.3) is 5.91 Å². The monoisotopic (exact) mass is 404 g/mol. The number of aromatic nitrogens is 2. The average molecular weight is 404 g/mol. The van der Waals surface area contributed by atoms with E-state index < -0.39 is 17.6 Å². The second kappa shape index (κ2) is 8.34. The molecule has 0 radical (unpaired) electrons. The molecule has 152 valence electrons. The fourth-order valence-electron chi connectivity index (χ4n) is 2.55. The Labute approximate surface area is 165 Å². The van der Waals surface area contributed by atoms with Gasteiger partial charge in [0.05, 0.1) is 12.1 Å². The summed E-state index contributed by atoms with van der Waals surface area (Å²) >= 11 is 0. The number of halogens is 3. The van der Waals surface area contributed by atoms with Gasteiger partial charge in [-0.2, -0.15) is 18.2 Å². The number of amides is 1. The largest absolute Gasteiger partial charge is 0.418 e. The molecule has 2 N–H and O–H groups in total. The standard InChI is InChI=1S/C20H19F3N4O2/c1-12(2)18-26-17(29-27-18)11-24-16-9-8-14(10-15(16)20(21,22)23)25-19(28)13-6-4-3-5-7-13/h3-10,12,24H,11H2,1-2H3,(H,25,28). The first-order valence-corrected chi connectivity index (χ1v) is 8.88. The number of nitrogens with one attached hydrogen (secondary N) is 2. The van der Waals surface area contributed by atoms with Gasteiger partial charge in [0.15, 0.2) is 5.82 Å². The molecule has 0 aliphatic rings. The van der Waals surface area contributed by atoms with Gasteiger partial charge in [-0.05, 0) is 30.3 Å². The third-order valence-electron chi connectivity index (χ3n) is 4.05. The molecule has 0 fully saturated rings. The molecule has 0 aliphatic heterocycles. The molecular formula is C20H19F3N4O2. The normalized spacial score (nSPS) is 11.5. The van der Waals surface area contributed by atoms with Crippen molar-refractivity contribution in [2.45, 2.75) is 32.5 Å². The fourth-order valence-corrected chi connectivity index (χ4v) is 2.55. The number of anilines is 2. The van der Waals surface area contributed by atoms with Crippen LogP contribution in [-0.2, 0) is 12.7 Å². The fraction of sp³-hybridized carbons (Fsp3) is 0.250. The molecule has 0 saturated carbocycles. The molecule has 0 bridgehead atoms. The molecule has 1 aromatic heterocycles. The highest BCUT2D eigenvalue weighted by molar-refractivity contribution is 6.04. The molecule has 29 heavy (non-hydrogen) atoms. The van der Waals surface area contributed by atoms with E-state index >= 15 is 0 Å². The summed E-state index contributed by atoms with van der Waals surface area (Å²) in [4.78, 5) is 16.3. The molecular weight excluding hydrogens is 385 g/mol. The van der Waals surface area contributed by atoms with E-state index in [9.17, 15) is 18.0 Å². The van der Waals surface area contributed by atoms with E-state index in [4.69, 9.17) is 4.52 Å². The van der Waals surface area contributed by atoms with E-state index in [1.165, 1.54) is 12.1 Å². The lowest BCUT2D eigenvalue weighted by Gasteiger charge is -2.16. The molecule has 2 aromatic carbocycles. The van der Waals surface area contributed by atoms with Crippen LogP contribution in [0.25, 0.3) is 0 Å². The predicted molar refractivity (Wildman–Crippen MR) is 102 cm³/mol. The minimum atomic E-state index is -4.62. The van der Waals surface area contributed by atoms with Crippen LogP contribution in [0.5, 0.6) is 0 Å². The van der Waals surface area contributed by atoms with Gasteiger partial charge in [-0.25, -0.2) is 0 Å². The molecule has 1 amide bonds. The van der Waals surface area contributed by atoms with E-state index in [0.717, 1.165) is 6.07 Å². The molecule has 6 nitrogen and oxygen atoms in total. The highest BCUT2D eigenvalue weighted by atomic mass is 19.4. The van der Waals surface area contributed by atoms with Crippen LogP contribution in [0.2, 0.25) is 0 Å². The summed E-state index contributed by atoms with van der Waals surface area (Å²) in [5.74, 6) is 0.220. The third kappa shape index (κ3) is 5.13. The van der Waals surface area contributed by atoms with Crippen molar-refractivity contribution in [1.29, 1.82) is 0 Å². The van der Waals surface area contributed by atoms with Crippen LogP contribution in [0.3, 0.4) is 0 Å². The van der Waals surface area contributed by atoms with Crippen LogP contribution >= 0.6 is 0 Å². The van der Waals surface area contributed by atoms with Gasteiger partial charge in [0, 0.05) is 22.9 Å². The van der Waals surface area contributed by atoms with Gasteiger partial charge >= 0.3 is 6.18 Å². The molecule has 0 unspecified atom stereocenters. The molecule has 0 aliphatic carbocycles. The molecule has 9 heteroatoms. The maximum atomic E-state index is 13.5. The van der Waals surface area contributed by atoms with E-state index in [1.807, 2.05) is 13.8 Å². The first-order chi connectivity index (χ1) is 13.7. The lowest BCUT2D eigenvalue weighted by atomic mass is 10.1. The highest BCUT2D eigenvalue weighted by Gasteiger charge is 2.34. The number of carbonyl (C=O) groups excluding carboxylic acids is 1. The van der Waals surface area contributed by atoms with Crippen molar-refractivity contribution in [3.05, 3.63) is 71.4 Å². The van der Waals surface area contributed by atoms with Crippen molar-refractivity contribution >= 4 is 17.3 Å². The zero-order valence-corrected chi connectivity index (χ0v) is 15.7. The maximum absolute atomic E-state index is 13.5. The number of carbonyl (C=O) groups is 1. The van der Waals surface area contributed by atoms with Crippen LogP contribution in [0, 0.1) is 0 Å². The Morgan fingerprint density at radius 2 is 1.86 bits per heavy atom. The van der Waals surface area contributed by atoms with Gasteiger partial charge < -0.3 is 15.2 Å². The van der Waals surface area contributed by atoms with Crippen molar-refractivity contribution < 1.29 is 22.5 Å². The minimum Gasteiger partial charge on any atom is -0.376 e. The quantitative estimate of drug-likeness (QED) is 0.599. The summed E-state index contributed by atoms with van der Waals surface area (Å²) in [7, 11) is 0. The summed E-state index contributed by atoms with van der Waals surface area (Å²) in [5, 5.41) is 8.93. The van der Waals surface area contributed by atoms with E-state index in [-0.39, 0.29) is 29.7 Å². The van der Waals surface area contributed by atoms with Gasteiger partial charge in [-0.3, -0.25) is 4.79 Å². The zero-order valence-electron chi connectivity index (χ0n) is 15.7. The Bertz CT molecular complexity index is 985. The molecule has 1 heterocycles. The smallest absolute Gasteiger partial charge is 0.376 e. The molecule has 0 saturated heterocycles. The lowest BCUT2D eigenvalue weighted by Crippen LogP contribution is -2.15. The van der Waals surface area contributed by atoms with Crippen molar-refractivity contribution in [2.24, 2.45) is 0 Å². The summed E-state index contributed by atoms with van der Waals surface area (Å²) in [6.07, 6.45) is -4.62. The SMILES string of the molecule is CC(C)c1noc(CNc2ccc(NC(=O)c3ccccc3)cc2C(F)(F)F)n1. The summed E-state index contributed by atoms with van der Waals surface area (Å²) in [6, 6.07) is 11.8. The van der Waals surface area contributed by atoms with Crippen LogP contribution in [0.15, 0.2) is 53.1 Å². The third-order valence-corrected chi connectivity index (χ3v) is 4.05. The Hall–Kier alpha value is -3.36. The van der Waals surface area contributed by atoms with Crippen LogP contribution < -0.4 is 10.6 Å². The Morgan fingerprint density at radius 3 is 2.48 bits per heavy atom. The minimum absolute atomic E-state index is 0.0385. The van der Waals surface area contributed by atoms with E-state index in [2.05, 4.69) is 20.8 Å². The average Bonchev–Trinajstić information content (AvgIpc) is 3.16. The van der Waals surface area contributed by atoms with Crippen LogP contribution in [-0.4, -0.2) is 16.0 Å². The van der Waals surface area contributed by atoms with Crippen molar-refractivity contribution in [1.82, 2.24) is 10.1 Å². The van der Waals surface area contributed by atoms with Crippen molar-refractivity contribution in [2.75, 3.05) is 10.6 Å². The van der Waals surface area contributed by atoms with E-state index in [0.29, 0.717) is 11.4 Å². The van der Waals surface area contributed by atoms with Gasteiger partial charge in [-0.1, -0.05) is 37.2 Å². The summed E-state index contributed by atoms with van der Waals surface area (Å²) < 4.78 is 45.6. The van der Waals surface area contributed by atoms with Crippen LogP contribution in [0.1, 0.15) is 47.4 Å². The molecule has 3 rings (SSSR count). The number of alkyl halides is 3. The predicted octanol–water partition coefficient (Wildman–Crippen LogP) is 5.08. The number of hydrogen-bond donors (Lipinski definition) is 2. The number of rotatable bonds is 6. The lowest BCUT2D eigenvalue weighted by molar-refractivity contribution is -0.136. The van der Waals surface area contributed by atoms with Crippen molar-refractivity contribution in [3.63, 3.8) is 0 Å². The second-order valence-electron chi connectivity index (χ2n) is 6.63. The van der Waals surface area contributed by atoms with Gasteiger partial charge in [0.2, 0.25) is 5.89 Å². The van der Waals surface area contributed by atoms with E-state index in [1.54, 1.807) is 30.3 Å². The Balaban J connectivity index is 1.78. The first kappa shape index (κ1) is 20.4. The number of hydrogen-bond acceptors (Lipinski definition) is 5. The van der Waals surface area contributed by atoms with Gasteiger partial charge in [0.1, 0.15) is 0 Å². The first-order valence-electron chi connectivity index (χ1n) is 8.88.